The third-order valence-corrected chi connectivity index (χ3v) is 5.07. The fourth-order valence-electron chi connectivity index (χ4n) is 3.05. The summed E-state index contributed by atoms with van der Waals surface area (Å²) in [6.45, 7) is 5.18. The molecule has 7 nitrogen and oxygen atoms in total. The first kappa shape index (κ1) is 17.6. The zero-order valence-corrected chi connectivity index (χ0v) is 15.3. The van der Waals surface area contributed by atoms with Crippen LogP contribution in [0.4, 0.5) is 0 Å². The highest BCUT2D eigenvalue weighted by atomic mass is 32.1. The molecule has 1 aliphatic rings. The van der Waals surface area contributed by atoms with Gasteiger partial charge in [0.25, 0.3) is 5.89 Å². The van der Waals surface area contributed by atoms with E-state index < -0.39 is 0 Å². The summed E-state index contributed by atoms with van der Waals surface area (Å²) in [6.07, 6.45) is 1.53. The largest absolute Gasteiger partial charge is 0.340 e. The lowest BCUT2D eigenvalue weighted by atomic mass is 10.2. The highest BCUT2D eigenvalue weighted by Gasteiger charge is 2.34. The Morgan fingerprint density at radius 1 is 1.36 bits per heavy atom. The van der Waals surface area contributed by atoms with Gasteiger partial charge in [-0.3, -0.25) is 9.59 Å². The molecule has 0 aliphatic carbocycles. The van der Waals surface area contributed by atoms with Crippen molar-refractivity contribution >= 4 is 23.2 Å². The fourth-order valence-corrected chi connectivity index (χ4v) is 3.72. The third kappa shape index (κ3) is 4.07. The van der Waals surface area contributed by atoms with E-state index in [0.29, 0.717) is 44.2 Å². The number of aryl methyl sites for hydroxylation is 1. The minimum Gasteiger partial charge on any atom is -0.340 e. The van der Waals surface area contributed by atoms with Crippen LogP contribution in [0.3, 0.4) is 0 Å². The summed E-state index contributed by atoms with van der Waals surface area (Å²) in [4.78, 5) is 33.0. The predicted molar refractivity (Wildman–Crippen MR) is 93.0 cm³/mol. The number of nitrogens with zero attached hydrogens (tertiary/aromatic N) is 4. The van der Waals surface area contributed by atoms with Crippen molar-refractivity contribution in [2.24, 2.45) is 0 Å². The molecule has 1 aliphatic heterocycles. The summed E-state index contributed by atoms with van der Waals surface area (Å²) < 4.78 is 5.33. The first-order chi connectivity index (χ1) is 12.1. The fraction of sp³-hybridized carbons (Fsp3) is 0.529. The van der Waals surface area contributed by atoms with Crippen LogP contribution in [-0.2, 0) is 16.0 Å². The first-order valence-electron chi connectivity index (χ1n) is 8.47. The summed E-state index contributed by atoms with van der Waals surface area (Å²) in [5.74, 6) is 1.02. The van der Waals surface area contributed by atoms with Gasteiger partial charge in [0.2, 0.25) is 11.8 Å². The molecule has 1 fully saturated rings. The van der Waals surface area contributed by atoms with Gasteiger partial charge in [-0.05, 0) is 35.7 Å². The van der Waals surface area contributed by atoms with Crippen LogP contribution >= 0.6 is 11.3 Å². The molecule has 2 aromatic heterocycles. The van der Waals surface area contributed by atoms with E-state index in [2.05, 4.69) is 10.1 Å². The van der Waals surface area contributed by atoms with E-state index in [9.17, 15) is 9.59 Å². The van der Waals surface area contributed by atoms with Gasteiger partial charge in [0, 0.05) is 19.5 Å². The van der Waals surface area contributed by atoms with Crippen LogP contribution in [0.25, 0.3) is 0 Å². The van der Waals surface area contributed by atoms with E-state index in [0.717, 1.165) is 12.0 Å². The van der Waals surface area contributed by atoms with Crippen LogP contribution in [0.1, 0.15) is 43.1 Å². The molecular formula is C17H22N4O3S. The molecule has 0 spiro atoms. The summed E-state index contributed by atoms with van der Waals surface area (Å²) in [5.41, 5.74) is 1.02. The second-order valence-corrected chi connectivity index (χ2v) is 6.92. The molecule has 0 N–H and O–H groups in total. The summed E-state index contributed by atoms with van der Waals surface area (Å²) >= 11 is 1.58. The number of carbonyl (C=O) groups is 2. The smallest absolute Gasteiger partial charge is 0.251 e. The Bertz CT molecular complexity index is 728. The number of hydrogen-bond donors (Lipinski definition) is 0. The highest BCUT2D eigenvalue weighted by molar-refractivity contribution is 7.08. The third-order valence-electron chi connectivity index (χ3n) is 4.34. The van der Waals surface area contributed by atoms with Gasteiger partial charge in [-0.1, -0.05) is 12.1 Å². The molecule has 0 radical (unpaired) electrons. The van der Waals surface area contributed by atoms with E-state index in [-0.39, 0.29) is 17.9 Å². The van der Waals surface area contributed by atoms with Crippen LogP contribution in [0.15, 0.2) is 21.3 Å². The quantitative estimate of drug-likeness (QED) is 0.833. The van der Waals surface area contributed by atoms with E-state index in [1.807, 2.05) is 28.7 Å². The lowest BCUT2D eigenvalue weighted by Gasteiger charge is -2.29. The maximum Gasteiger partial charge on any atom is 0.251 e. The minimum absolute atomic E-state index is 0.0352. The molecule has 2 amide bonds. The van der Waals surface area contributed by atoms with E-state index in [1.165, 1.54) is 0 Å². The first-order valence-corrected chi connectivity index (χ1v) is 9.41. The average molecular weight is 362 g/mol. The lowest BCUT2D eigenvalue weighted by Crippen LogP contribution is -2.40. The molecule has 8 heteroatoms. The van der Waals surface area contributed by atoms with Crippen molar-refractivity contribution in [2.45, 2.75) is 39.2 Å². The standard InChI is InChI=1S/C17H22N4O3S/c1-3-15(22)21-7-4-6-20(16(23)9-13-5-8-25-11-13)10-14(21)17-18-12(2)19-24-17/h5,8,11,14H,3-4,6-7,9-10H2,1-2H3. The van der Waals surface area contributed by atoms with Crippen LogP contribution in [0.5, 0.6) is 0 Å². The van der Waals surface area contributed by atoms with Crippen LogP contribution in [0, 0.1) is 6.92 Å². The molecule has 1 atom stereocenters. The van der Waals surface area contributed by atoms with E-state index in [4.69, 9.17) is 4.52 Å². The highest BCUT2D eigenvalue weighted by Crippen LogP contribution is 2.25. The molecule has 3 heterocycles. The lowest BCUT2D eigenvalue weighted by molar-refractivity contribution is -0.136. The molecule has 134 valence electrons. The van der Waals surface area contributed by atoms with Gasteiger partial charge >= 0.3 is 0 Å². The van der Waals surface area contributed by atoms with E-state index in [1.54, 1.807) is 23.2 Å². The van der Waals surface area contributed by atoms with Crippen molar-refractivity contribution < 1.29 is 14.1 Å². The number of rotatable bonds is 4. The normalized spacial score (nSPS) is 18.2. The zero-order valence-electron chi connectivity index (χ0n) is 14.5. The van der Waals surface area contributed by atoms with Crippen molar-refractivity contribution in [3.8, 4) is 0 Å². The van der Waals surface area contributed by atoms with Gasteiger partial charge in [0.15, 0.2) is 5.82 Å². The van der Waals surface area contributed by atoms with Crippen molar-refractivity contribution in [1.82, 2.24) is 19.9 Å². The van der Waals surface area contributed by atoms with Crippen molar-refractivity contribution in [1.29, 1.82) is 0 Å². The second kappa shape index (κ2) is 7.77. The predicted octanol–water partition coefficient (Wildman–Crippen LogP) is 2.19. The molecule has 25 heavy (non-hydrogen) atoms. The number of amides is 2. The van der Waals surface area contributed by atoms with Crippen LogP contribution in [-0.4, -0.2) is 51.4 Å². The Hall–Kier alpha value is -2.22. The molecular weight excluding hydrogens is 340 g/mol. The Morgan fingerprint density at radius 3 is 2.84 bits per heavy atom. The van der Waals surface area contributed by atoms with Gasteiger partial charge in [0.1, 0.15) is 6.04 Å². The minimum atomic E-state index is -0.387. The summed E-state index contributed by atoms with van der Waals surface area (Å²) in [6, 6.07) is 1.58. The number of thiophene rings is 1. The van der Waals surface area contributed by atoms with Gasteiger partial charge in [-0.25, -0.2) is 0 Å². The Kier molecular flexibility index (Phi) is 5.47. The van der Waals surface area contributed by atoms with Crippen LogP contribution in [0.2, 0.25) is 0 Å². The second-order valence-electron chi connectivity index (χ2n) is 6.14. The summed E-state index contributed by atoms with van der Waals surface area (Å²) in [7, 11) is 0. The number of hydrogen-bond acceptors (Lipinski definition) is 6. The molecule has 0 saturated carbocycles. The average Bonchev–Trinajstić information content (AvgIpc) is 3.21. The monoisotopic (exact) mass is 362 g/mol. The summed E-state index contributed by atoms with van der Waals surface area (Å²) in [5, 5.41) is 7.80. The molecule has 1 unspecified atom stereocenters. The Morgan fingerprint density at radius 2 is 2.20 bits per heavy atom. The molecule has 3 rings (SSSR count). The van der Waals surface area contributed by atoms with Gasteiger partial charge < -0.3 is 14.3 Å². The maximum absolute atomic E-state index is 12.7. The van der Waals surface area contributed by atoms with Gasteiger partial charge in [0.05, 0.1) is 13.0 Å². The van der Waals surface area contributed by atoms with Crippen molar-refractivity contribution in [3.05, 3.63) is 34.1 Å². The molecule has 0 bridgehead atoms. The van der Waals surface area contributed by atoms with Gasteiger partial charge in [-0.15, -0.1) is 0 Å². The molecule has 0 aromatic carbocycles. The Labute approximate surface area is 150 Å². The van der Waals surface area contributed by atoms with Crippen LogP contribution < -0.4 is 0 Å². The molecule has 1 saturated heterocycles. The van der Waals surface area contributed by atoms with Gasteiger partial charge in [-0.2, -0.15) is 16.3 Å². The maximum atomic E-state index is 12.7. The SMILES string of the molecule is CCC(=O)N1CCCN(C(=O)Cc2ccsc2)CC1c1nc(C)no1. The molecule has 2 aromatic rings. The topological polar surface area (TPSA) is 79.5 Å². The number of carbonyl (C=O) groups excluding carboxylic acids is 2. The van der Waals surface area contributed by atoms with Crippen molar-refractivity contribution in [3.63, 3.8) is 0 Å². The zero-order chi connectivity index (χ0) is 17.8. The van der Waals surface area contributed by atoms with Crippen molar-refractivity contribution in [2.75, 3.05) is 19.6 Å². The number of aromatic nitrogens is 2. The van der Waals surface area contributed by atoms with E-state index >= 15 is 0 Å². The Balaban J connectivity index is 1.81.